The summed E-state index contributed by atoms with van der Waals surface area (Å²) < 4.78 is 5.38. The maximum atomic E-state index is 10.4. The minimum absolute atomic E-state index is 0.163. The van der Waals surface area contributed by atoms with Crippen LogP contribution in [0.4, 0.5) is 0 Å². The summed E-state index contributed by atoms with van der Waals surface area (Å²) in [6.07, 6.45) is 0. The van der Waals surface area contributed by atoms with Crippen LogP contribution in [0.15, 0.2) is 33.9 Å². The summed E-state index contributed by atoms with van der Waals surface area (Å²) in [6, 6.07) is 7.31. The van der Waals surface area contributed by atoms with Gasteiger partial charge in [-0.15, -0.1) is 11.6 Å². The van der Waals surface area contributed by atoms with Gasteiger partial charge in [-0.3, -0.25) is 0 Å². The number of benzene rings is 1. The lowest BCUT2D eigenvalue weighted by atomic mass is 10.3. The van der Waals surface area contributed by atoms with Crippen LogP contribution in [0.5, 0.6) is 0 Å². The van der Waals surface area contributed by atoms with Crippen molar-refractivity contribution in [3.05, 3.63) is 24.3 Å². The number of hydrogen-bond acceptors (Lipinski definition) is 5. The van der Waals surface area contributed by atoms with Crippen LogP contribution in [0.2, 0.25) is 0 Å². The van der Waals surface area contributed by atoms with Crippen LogP contribution in [0.3, 0.4) is 0 Å². The van der Waals surface area contributed by atoms with Crippen LogP contribution in [0.1, 0.15) is 0 Å². The van der Waals surface area contributed by atoms with Crippen LogP contribution >= 0.6 is 23.4 Å². The smallest absolute Gasteiger partial charge is 0.256 e. The number of thioether (sulfide) groups is 1. The first-order chi connectivity index (χ1) is 7.66. The fourth-order valence-corrected chi connectivity index (χ4v) is 2.05. The van der Waals surface area contributed by atoms with Crippen molar-refractivity contribution in [2.45, 2.75) is 10.6 Å². The highest BCUT2D eigenvalue weighted by Gasteiger charge is 2.10. The molecule has 0 bridgehead atoms. The van der Waals surface area contributed by atoms with Crippen molar-refractivity contribution < 1.29 is 14.3 Å². The molecule has 0 N–H and O–H groups in total. The molecule has 1 aromatic heterocycles. The molecule has 1 aromatic carbocycles. The Bertz CT molecular complexity index is 480. The van der Waals surface area contributed by atoms with Crippen molar-refractivity contribution >= 4 is 40.4 Å². The number of hydrogen-bond donors (Lipinski definition) is 0. The van der Waals surface area contributed by atoms with Crippen LogP contribution in [0, 0.1) is 0 Å². The Labute approximate surface area is 101 Å². The Morgan fingerprint density at radius 3 is 3.00 bits per heavy atom. The van der Waals surface area contributed by atoms with E-state index in [4.69, 9.17) is 16.0 Å². The zero-order valence-electron chi connectivity index (χ0n) is 8.05. The zero-order valence-corrected chi connectivity index (χ0v) is 9.62. The first-order valence-electron chi connectivity index (χ1n) is 4.50. The first kappa shape index (κ1) is 11.3. The third kappa shape index (κ3) is 2.48. The number of aliphatic carboxylic acids is 1. The lowest BCUT2D eigenvalue weighted by Crippen LogP contribution is -2.33. The summed E-state index contributed by atoms with van der Waals surface area (Å²) in [5.41, 5.74) is 1.41. The number of oxazole rings is 1. The van der Waals surface area contributed by atoms with E-state index < -0.39 is 11.3 Å². The number of nitrogens with zero attached hydrogens (tertiary/aromatic N) is 1. The van der Waals surface area contributed by atoms with Gasteiger partial charge >= 0.3 is 0 Å². The van der Waals surface area contributed by atoms with Crippen molar-refractivity contribution in [3.8, 4) is 0 Å². The molecule has 1 heterocycles. The summed E-state index contributed by atoms with van der Waals surface area (Å²) in [4.78, 5) is 14.6. The Morgan fingerprint density at radius 1 is 1.56 bits per heavy atom. The van der Waals surface area contributed by atoms with Gasteiger partial charge in [-0.25, -0.2) is 4.98 Å². The van der Waals surface area contributed by atoms with Crippen molar-refractivity contribution in [2.24, 2.45) is 0 Å². The largest absolute Gasteiger partial charge is 0.549 e. The summed E-state index contributed by atoms with van der Waals surface area (Å²) >= 11 is 6.66. The summed E-state index contributed by atoms with van der Waals surface area (Å²) in [6.45, 7) is 0. The van der Waals surface area contributed by atoms with Gasteiger partial charge in [-0.1, -0.05) is 23.9 Å². The molecule has 0 aliphatic carbocycles. The van der Waals surface area contributed by atoms with Gasteiger partial charge in [0.15, 0.2) is 5.58 Å². The molecule has 0 saturated heterocycles. The fraction of sp³-hybridized carbons (Fsp3) is 0.200. The lowest BCUT2D eigenvalue weighted by molar-refractivity contribution is -0.304. The quantitative estimate of drug-likeness (QED) is 0.609. The number of carboxylic acid groups (broad SMARTS) is 1. The Kier molecular flexibility index (Phi) is 3.36. The number of halogens is 1. The Hall–Kier alpha value is -1.20. The van der Waals surface area contributed by atoms with Crippen molar-refractivity contribution in [3.63, 3.8) is 0 Å². The molecule has 2 rings (SSSR count). The molecule has 0 amide bonds. The summed E-state index contributed by atoms with van der Waals surface area (Å²) in [7, 11) is 0. The average Bonchev–Trinajstić information content (AvgIpc) is 2.68. The van der Waals surface area contributed by atoms with E-state index in [1.165, 1.54) is 0 Å². The van der Waals surface area contributed by atoms with Gasteiger partial charge in [0.1, 0.15) is 5.52 Å². The molecule has 16 heavy (non-hydrogen) atoms. The van der Waals surface area contributed by atoms with Gasteiger partial charge in [0, 0.05) is 5.75 Å². The highest BCUT2D eigenvalue weighted by molar-refractivity contribution is 7.99. The molecule has 1 atom stereocenters. The molecule has 84 valence electrons. The third-order valence-corrected chi connectivity index (χ3v) is 3.32. The van der Waals surface area contributed by atoms with E-state index in [0.29, 0.717) is 10.8 Å². The fourth-order valence-electron chi connectivity index (χ4n) is 1.13. The van der Waals surface area contributed by atoms with E-state index in [2.05, 4.69) is 4.98 Å². The molecule has 0 saturated carbocycles. The number of para-hydroxylation sites is 2. The van der Waals surface area contributed by atoms with E-state index in [-0.39, 0.29) is 5.75 Å². The Balaban J connectivity index is 2.07. The molecule has 0 aliphatic rings. The second-order valence-corrected chi connectivity index (χ2v) is 4.54. The highest BCUT2D eigenvalue weighted by Crippen LogP contribution is 2.24. The number of carboxylic acids is 1. The standard InChI is InChI=1S/C10H8ClNO3S/c11-6(9(13)14)5-16-10-12-7-3-1-2-4-8(7)15-10/h1-4,6H,5H2,(H,13,14)/p-1/t6-/m0/s1. The molecule has 0 spiro atoms. The molecule has 4 nitrogen and oxygen atoms in total. The molecule has 2 aromatic rings. The van der Waals surface area contributed by atoms with Crippen molar-refractivity contribution in [2.75, 3.05) is 5.75 Å². The number of alkyl halides is 1. The van der Waals surface area contributed by atoms with Crippen LogP contribution in [-0.2, 0) is 4.79 Å². The monoisotopic (exact) mass is 256 g/mol. The van der Waals surface area contributed by atoms with Crippen molar-refractivity contribution in [1.29, 1.82) is 0 Å². The van der Waals surface area contributed by atoms with E-state index >= 15 is 0 Å². The number of rotatable bonds is 4. The predicted molar refractivity (Wildman–Crippen MR) is 59.4 cm³/mol. The van der Waals surface area contributed by atoms with Crippen LogP contribution in [0.25, 0.3) is 11.1 Å². The first-order valence-corrected chi connectivity index (χ1v) is 5.92. The number of carbonyl (C=O) groups is 1. The minimum Gasteiger partial charge on any atom is -0.549 e. The molecular weight excluding hydrogens is 250 g/mol. The maximum absolute atomic E-state index is 10.4. The molecule has 6 heteroatoms. The summed E-state index contributed by atoms with van der Waals surface area (Å²) in [5.74, 6) is -1.12. The zero-order chi connectivity index (χ0) is 11.5. The normalized spacial score (nSPS) is 12.8. The average molecular weight is 257 g/mol. The van der Waals surface area contributed by atoms with E-state index in [1.54, 1.807) is 6.07 Å². The molecule has 0 unspecified atom stereocenters. The van der Waals surface area contributed by atoms with Crippen LogP contribution < -0.4 is 5.11 Å². The number of carbonyl (C=O) groups excluding carboxylic acids is 1. The van der Waals surface area contributed by atoms with Gasteiger partial charge in [0.05, 0.1) is 11.3 Å². The van der Waals surface area contributed by atoms with E-state index in [0.717, 1.165) is 17.3 Å². The number of aromatic nitrogens is 1. The van der Waals surface area contributed by atoms with Gasteiger partial charge in [-0.2, -0.15) is 0 Å². The maximum Gasteiger partial charge on any atom is 0.256 e. The topological polar surface area (TPSA) is 66.2 Å². The molecule has 0 radical (unpaired) electrons. The van der Waals surface area contributed by atoms with Gasteiger partial charge in [0.25, 0.3) is 5.22 Å². The van der Waals surface area contributed by atoms with E-state index in [1.807, 2.05) is 18.2 Å². The second kappa shape index (κ2) is 4.76. The van der Waals surface area contributed by atoms with Gasteiger partial charge < -0.3 is 14.3 Å². The predicted octanol–water partition coefficient (Wildman–Crippen LogP) is 1.28. The summed E-state index contributed by atoms with van der Waals surface area (Å²) in [5, 5.41) is 9.75. The van der Waals surface area contributed by atoms with Crippen LogP contribution in [-0.4, -0.2) is 22.1 Å². The number of fused-ring (bicyclic) bond motifs is 1. The Morgan fingerprint density at radius 2 is 2.31 bits per heavy atom. The second-order valence-electron chi connectivity index (χ2n) is 3.05. The van der Waals surface area contributed by atoms with Crippen molar-refractivity contribution in [1.82, 2.24) is 4.98 Å². The molecule has 0 aliphatic heterocycles. The van der Waals surface area contributed by atoms with E-state index in [9.17, 15) is 9.90 Å². The third-order valence-electron chi connectivity index (χ3n) is 1.88. The molecule has 0 fully saturated rings. The van der Waals surface area contributed by atoms with Gasteiger partial charge in [0.2, 0.25) is 0 Å². The minimum atomic E-state index is -1.29. The highest BCUT2D eigenvalue weighted by atomic mass is 35.5. The van der Waals surface area contributed by atoms with Gasteiger partial charge in [-0.05, 0) is 12.1 Å². The molecular formula is C10H7ClNO3S-. The SMILES string of the molecule is O=C([O-])[C@@H](Cl)CSc1nc2ccccc2o1. The lowest BCUT2D eigenvalue weighted by Gasteiger charge is -2.06.